The second-order valence-corrected chi connectivity index (χ2v) is 10.2. The number of imide groups is 1. The first-order valence-corrected chi connectivity index (χ1v) is 12.8. The van der Waals surface area contributed by atoms with E-state index >= 15 is 0 Å². The van der Waals surface area contributed by atoms with E-state index in [1.807, 2.05) is 30.3 Å². The zero-order valence-corrected chi connectivity index (χ0v) is 20.9. The molecule has 4 amide bonds. The molecule has 8 heteroatoms. The number of rotatable bonds is 7. The molecule has 1 saturated heterocycles. The van der Waals surface area contributed by atoms with Crippen LogP contribution in [0.2, 0.25) is 0 Å². The Hall–Kier alpha value is -3.94. The van der Waals surface area contributed by atoms with Gasteiger partial charge in [-0.3, -0.25) is 0 Å². The highest BCUT2D eigenvalue weighted by Gasteiger charge is 2.46. The number of urea groups is 2. The molecule has 0 aromatic heterocycles. The maximum atomic E-state index is 13.4. The van der Waals surface area contributed by atoms with E-state index in [9.17, 15) is 14.0 Å². The van der Waals surface area contributed by atoms with Crippen molar-refractivity contribution in [1.29, 1.82) is 5.41 Å². The molecule has 192 valence electrons. The van der Waals surface area contributed by atoms with Crippen molar-refractivity contribution in [3.63, 3.8) is 0 Å². The summed E-state index contributed by atoms with van der Waals surface area (Å²) in [6.45, 7) is 3.08. The molecule has 2 aliphatic carbocycles. The lowest BCUT2D eigenvalue weighted by Gasteiger charge is -2.39. The molecule has 2 aromatic rings. The molecular weight excluding hydrogens is 469 g/mol. The minimum atomic E-state index is -0.378. The molecule has 3 aliphatic rings. The molecule has 1 saturated carbocycles. The van der Waals surface area contributed by atoms with Gasteiger partial charge in [-0.05, 0) is 78.5 Å². The molecule has 2 aromatic carbocycles. The van der Waals surface area contributed by atoms with E-state index in [1.165, 1.54) is 28.8 Å². The Bertz CT molecular complexity index is 1260. The van der Waals surface area contributed by atoms with E-state index in [0.717, 1.165) is 41.8 Å². The number of amides is 4. The monoisotopic (exact) mass is 501 g/mol. The van der Waals surface area contributed by atoms with E-state index in [0.29, 0.717) is 19.5 Å². The highest BCUT2D eigenvalue weighted by Crippen LogP contribution is 2.56. The largest absolute Gasteiger partial charge is 0.355 e. The van der Waals surface area contributed by atoms with Crippen molar-refractivity contribution in [3.05, 3.63) is 88.9 Å². The van der Waals surface area contributed by atoms with Crippen LogP contribution in [0.5, 0.6) is 0 Å². The Morgan fingerprint density at radius 1 is 1.24 bits per heavy atom. The van der Waals surface area contributed by atoms with E-state index in [4.69, 9.17) is 5.41 Å². The van der Waals surface area contributed by atoms with Gasteiger partial charge in [-0.15, -0.1) is 0 Å². The predicted molar refractivity (Wildman–Crippen MR) is 142 cm³/mol. The van der Waals surface area contributed by atoms with Crippen LogP contribution in [0.1, 0.15) is 44.2 Å². The summed E-state index contributed by atoms with van der Waals surface area (Å²) < 4.78 is 13.4. The van der Waals surface area contributed by atoms with Crippen molar-refractivity contribution in [2.75, 3.05) is 18.4 Å². The predicted octanol–water partition coefficient (Wildman–Crippen LogP) is 5.75. The van der Waals surface area contributed by atoms with Gasteiger partial charge in [-0.25, -0.2) is 18.9 Å². The lowest BCUT2D eigenvalue weighted by atomic mass is 9.67. The Morgan fingerprint density at radius 2 is 2.00 bits per heavy atom. The summed E-state index contributed by atoms with van der Waals surface area (Å²) in [5, 5.41) is 17.3. The average Bonchev–Trinajstić information content (AvgIpc) is 3.47. The fourth-order valence-corrected chi connectivity index (χ4v) is 5.90. The van der Waals surface area contributed by atoms with Crippen molar-refractivity contribution >= 4 is 24.0 Å². The van der Waals surface area contributed by atoms with E-state index < -0.39 is 0 Å². The van der Waals surface area contributed by atoms with Crippen molar-refractivity contribution in [2.24, 2.45) is 11.3 Å². The fraction of sp³-hybridized carbons (Fsp3) is 0.345. The van der Waals surface area contributed by atoms with Crippen molar-refractivity contribution in [1.82, 2.24) is 15.5 Å². The number of nitrogens with zero attached hydrogens (tertiary/aromatic N) is 1. The maximum absolute atomic E-state index is 13.4. The molecule has 7 nitrogen and oxygen atoms in total. The zero-order valence-electron chi connectivity index (χ0n) is 20.9. The first kappa shape index (κ1) is 24.7. The number of nitrogens with one attached hydrogen (secondary N) is 4. The second-order valence-electron chi connectivity index (χ2n) is 10.2. The van der Waals surface area contributed by atoms with Gasteiger partial charge < -0.3 is 21.4 Å². The van der Waals surface area contributed by atoms with Gasteiger partial charge in [-0.1, -0.05) is 42.8 Å². The van der Waals surface area contributed by atoms with Gasteiger partial charge in [0.05, 0.1) is 6.04 Å². The topological polar surface area (TPSA) is 97.3 Å². The van der Waals surface area contributed by atoms with E-state index in [-0.39, 0.29) is 35.3 Å². The molecule has 37 heavy (non-hydrogen) atoms. The number of hydrogen-bond acceptors (Lipinski definition) is 4. The molecule has 0 bridgehead atoms. The third kappa shape index (κ3) is 5.01. The van der Waals surface area contributed by atoms with Crippen LogP contribution < -0.4 is 16.0 Å². The summed E-state index contributed by atoms with van der Waals surface area (Å²) in [6.07, 6.45) is 6.90. The zero-order chi connectivity index (χ0) is 26.0. The van der Waals surface area contributed by atoms with E-state index in [2.05, 4.69) is 29.0 Å². The standard InChI is InChI=1S/C29H32FN5O2/c1-29-17-20(18-31)26(33-24-11-9-23(30)10-12-24)16-22(29)8-7-21(29)15-25(19-5-3-2-4-6-19)34-28(37)35-14-13-32-27(35)36/h2-6,9-12,16,18,21,25,31,33H,7-8,13-15,17H2,1H3,(H,32,36)(H,34,37)/t21-,25?,29-/m1/s1. The Kier molecular flexibility index (Phi) is 6.82. The molecular formula is C29H32FN5O2. The number of hydrogen-bond donors (Lipinski definition) is 4. The third-order valence-corrected chi connectivity index (χ3v) is 8.04. The summed E-state index contributed by atoms with van der Waals surface area (Å²) >= 11 is 0. The maximum Gasteiger partial charge on any atom is 0.326 e. The van der Waals surface area contributed by atoms with Gasteiger partial charge in [0.15, 0.2) is 0 Å². The normalized spacial score (nSPS) is 23.7. The molecule has 1 unspecified atom stereocenters. The molecule has 1 aliphatic heterocycles. The first-order valence-electron chi connectivity index (χ1n) is 12.8. The number of benzene rings is 2. The van der Waals surface area contributed by atoms with Gasteiger partial charge in [-0.2, -0.15) is 0 Å². The number of fused-ring (bicyclic) bond motifs is 1. The molecule has 0 spiro atoms. The first-order chi connectivity index (χ1) is 17.9. The SMILES string of the molecule is C[C@]12CC(C=N)=C(Nc3ccc(F)cc3)C=C1CC[C@@H]2CC(NC(=O)N1CCNC1=O)c1ccccc1. The molecule has 5 rings (SSSR count). The average molecular weight is 502 g/mol. The van der Waals surface area contributed by atoms with Crippen molar-refractivity contribution in [2.45, 2.75) is 38.6 Å². The Labute approximate surface area is 216 Å². The van der Waals surface area contributed by atoms with Crippen LogP contribution in [0.15, 0.2) is 77.5 Å². The van der Waals surface area contributed by atoms with Crippen LogP contribution in [0, 0.1) is 22.6 Å². The van der Waals surface area contributed by atoms with Crippen LogP contribution in [0.25, 0.3) is 0 Å². The number of allylic oxidation sites excluding steroid dienone is 3. The quantitative estimate of drug-likeness (QED) is 0.364. The van der Waals surface area contributed by atoms with Gasteiger partial charge in [0.2, 0.25) is 0 Å². The van der Waals surface area contributed by atoms with Crippen LogP contribution in [-0.2, 0) is 0 Å². The number of anilines is 1. The van der Waals surface area contributed by atoms with Gasteiger partial charge in [0.25, 0.3) is 0 Å². The smallest absolute Gasteiger partial charge is 0.326 e. The molecule has 4 N–H and O–H groups in total. The Balaban J connectivity index is 1.37. The van der Waals surface area contributed by atoms with Crippen LogP contribution in [-0.4, -0.2) is 36.3 Å². The lowest BCUT2D eigenvalue weighted by Crippen LogP contribution is -2.44. The van der Waals surface area contributed by atoms with Crippen LogP contribution >= 0.6 is 0 Å². The number of carbonyl (C=O) groups is 2. The number of carbonyl (C=O) groups excluding carboxylic acids is 2. The molecule has 0 radical (unpaired) electrons. The summed E-state index contributed by atoms with van der Waals surface area (Å²) in [5.74, 6) is -0.00980. The van der Waals surface area contributed by atoms with Crippen molar-refractivity contribution < 1.29 is 14.0 Å². The summed E-state index contributed by atoms with van der Waals surface area (Å²) in [5.41, 5.74) is 4.74. The fourth-order valence-electron chi connectivity index (χ4n) is 5.90. The number of halogens is 1. The summed E-state index contributed by atoms with van der Waals surface area (Å²) in [6, 6.07) is 15.1. The van der Waals surface area contributed by atoms with Gasteiger partial charge >= 0.3 is 12.1 Å². The highest BCUT2D eigenvalue weighted by molar-refractivity contribution is 5.95. The highest BCUT2D eigenvalue weighted by atomic mass is 19.1. The molecule has 2 fully saturated rings. The van der Waals surface area contributed by atoms with Crippen molar-refractivity contribution in [3.8, 4) is 0 Å². The molecule has 1 heterocycles. The van der Waals surface area contributed by atoms with Gasteiger partial charge in [0, 0.05) is 30.7 Å². The minimum absolute atomic E-state index is 0.149. The second kappa shape index (κ2) is 10.2. The Morgan fingerprint density at radius 3 is 2.68 bits per heavy atom. The third-order valence-electron chi connectivity index (χ3n) is 8.04. The van der Waals surface area contributed by atoms with Gasteiger partial charge in [0.1, 0.15) is 5.82 Å². The van der Waals surface area contributed by atoms with Crippen LogP contribution in [0.4, 0.5) is 19.7 Å². The molecule has 3 atom stereocenters. The summed E-state index contributed by atoms with van der Waals surface area (Å²) in [4.78, 5) is 26.3. The van der Waals surface area contributed by atoms with Crippen LogP contribution in [0.3, 0.4) is 0 Å². The minimum Gasteiger partial charge on any atom is -0.355 e. The lowest BCUT2D eigenvalue weighted by molar-refractivity contribution is 0.189. The summed E-state index contributed by atoms with van der Waals surface area (Å²) in [7, 11) is 0. The van der Waals surface area contributed by atoms with E-state index in [1.54, 1.807) is 12.1 Å².